The van der Waals surface area contributed by atoms with Crippen molar-refractivity contribution in [2.45, 2.75) is 18.9 Å². The molecule has 9 heteroatoms. The Morgan fingerprint density at radius 1 is 1.13 bits per heavy atom. The van der Waals surface area contributed by atoms with Crippen molar-refractivity contribution < 1.29 is 28.8 Å². The van der Waals surface area contributed by atoms with E-state index in [1.807, 2.05) is 18.2 Å². The summed E-state index contributed by atoms with van der Waals surface area (Å²) in [6.07, 6.45) is 1.90. The van der Waals surface area contributed by atoms with Crippen LogP contribution in [0.5, 0.6) is 17.2 Å². The number of anilines is 1. The van der Waals surface area contributed by atoms with Crippen molar-refractivity contribution in [1.29, 1.82) is 0 Å². The molecule has 2 N–H and O–H groups in total. The number of carbonyl (C=O) groups is 1. The number of hydrogen-bond donors (Lipinski definition) is 2. The van der Waals surface area contributed by atoms with E-state index in [9.17, 15) is 14.9 Å². The van der Waals surface area contributed by atoms with Crippen molar-refractivity contribution in [3.63, 3.8) is 0 Å². The van der Waals surface area contributed by atoms with Gasteiger partial charge in [-0.1, -0.05) is 0 Å². The lowest BCUT2D eigenvalue weighted by atomic mass is 10.0. The van der Waals surface area contributed by atoms with Gasteiger partial charge in [0.15, 0.2) is 6.54 Å². The van der Waals surface area contributed by atoms with E-state index in [-0.39, 0.29) is 29.9 Å². The minimum Gasteiger partial charge on any atom is -0.497 e. The van der Waals surface area contributed by atoms with Gasteiger partial charge in [-0.2, -0.15) is 0 Å². The van der Waals surface area contributed by atoms with Crippen molar-refractivity contribution in [3.8, 4) is 17.2 Å². The maximum Gasteiger partial charge on any atom is 0.279 e. The molecular weight excluding hydrogens is 390 g/mol. The van der Waals surface area contributed by atoms with Crippen molar-refractivity contribution in [2.75, 3.05) is 39.7 Å². The normalized spacial score (nSPS) is 18.0. The number of nitrogens with zero attached hydrogens (tertiary/aromatic N) is 1. The van der Waals surface area contributed by atoms with Crippen molar-refractivity contribution >= 4 is 17.3 Å². The third kappa shape index (κ3) is 4.62. The molecule has 30 heavy (non-hydrogen) atoms. The number of ether oxygens (including phenoxy) is 3. The maximum absolute atomic E-state index is 12.8. The van der Waals surface area contributed by atoms with E-state index < -0.39 is 4.92 Å². The number of nitro benzene ring substituents is 1. The summed E-state index contributed by atoms with van der Waals surface area (Å²) in [5, 5.41) is 13.8. The highest BCUT2D eigenvalue weighted by Crippen LogP contribution is 2.32. The fraction of sp³-hybridized carbons (Fsp3) is 0.381. The topological polar surface area (TPSA) is 104 Å². The fourth-order valence-corrected chi connectivity index (χ4v) is 3.92. The molecule has 1 aliphatic rings. The van der Waals surface area contributed by atoms with Crippen LogP contribution in [-0.2, 0) is 4.79 Å². The number of likely N-dealkylation sites (tertiary alicyclic amines) is 1. The molecule has 0 bridgehead atoms. The summed E-state index contributed by atoms with van der Waals surface area (Å²) < 4.78 is 16.1. The average molecular weight is 416 g/mol. The number of hydrogen-bond acceptors (Lipinski definition) is 6. The predicted octanol–water partition coefficient (Wildman–Crippen LogP) is 1.98. The highest BCUT2D eigenvalue weighted by atomic mass is 16.6. The molecule has 0 spiro atoms. The minimum absolute atomic E-state index is 0.0906. The van der Waals surface area contributed by atoms with Gasteiger partial charge in [-0.3, -0.25) is 14.9 Å². The molecule has 160 valence electrons. The predicted molar refractivity (Wildman–Crippen MR) is 110 cm³/mol. The second-order valence-corrected chi connectivity index (χ2v) is 7.08. The zero-order chi connectivity index (χ0) is 21.7. The number of nitrogens with one attached hydrogen (secondary N) is 2. The molecule has 0 radical (unpaired) electrons. The van der Waals surface area contributed by atoms with E-state index >= 15 is 0 Å². The van der Waals surface area contributed by atoms with Gasteiger partial charge >= 0.3 is 0 Å². The molecule has 3 rings (SSSR count). The maximum atomic E-state index is 12.8. The molecule has 1 saturated heterocycles. The molecule has 1 unspecified atom stereocenters. The first kappa shape index (κ1) is 21.4. The van der Waals surface area contributed by atoms with Gasteiger partial charge < -0.3 is 24.4 Å². The van der Waals surface area contributed by atoms with Gasteiger partial charge in [0.05, 0.1) is 44.0 Å². The number of carbonyl (C=O) groups excluding carboxylic acids is 1. The Kier molecular flexibility index (Phi) is 6.73. The van der Waals surface area contributed by atoms with Crippen molar-refractivity contribution in [3.05, 3.63) is 52.1 Å². The fourth-order valence-electron chi connectivity index (χ4n) is 3.92. The van der Waals surface area contributed by atoms with Gasteiger partial charge in [-0.05, 0) is 24.3 Å². The van der Waals surface area contributed by atoms with E-state index in [0.717, 1.165) is 41.3 Å². The summed E-state index contributed by atoms with van der Waals surface area (Å²) in [7, 11) is 4.69. The van der Waals surface area contributed by atoms with Gasteiger partial charge in [-0.25, -0.2) is 0 Å². The van der Waals surface area contributed by atoms with Gasteiger partial charge in [0.25, 0.3) is 11.6 Å². The number of nitro groups is 1. The standard InChI is InChI=1S/C21H25N3O6/c1-28-15-7-9-19(29-2)16(12-15)18-5-4-10-23(18)13-21(25)22-17-11-14(24(26)27)6-8-20(17)30-3/h6-9,11-12,18H,4-5,10,13H2,1-3H3,(H,22,25)/p+1/t18-/m1/s1. The monoisotopic (exact) mass is 416 g/mol. The summed E-state index contributed by atoms with van der Waals surface area (Å²) in [5.74, 6) is 1.64. The first-order chi connectivity index (χ1) is 14.5. The molecule has 1 heterocycles. The Bertz CT molecular complexity index is 933. The summed E-state index contributed by atoms with van der Waals surface area (Å²) in [6, 6.07) is 9.88. The van der Waals surface area contributed by atoms with Crippen LogP contribution in [0.1, 0.15) is 24.4 Å². The van der Waals surface area contributed by atoms with E-state index in [2.05, 4.69) is 5.32 Å². The van der Waals surface area contributed by atoms with Crippen molar-refractivity contribution in [2.24, 2.45) is 0 Å². The summed E-state index contributed by atoms with van der Waals surface area (Å²) in [4.78, 5) is 24.4. The van der Waals surface area contributed by atoms with E-state index in [1.165, 1.54) is 25.3 Å². The largest absolute Gasteiger partial charge is 0.497 e. The van der Waals surface area contributed by atoms with Crippen LogP contribution in [0.2, 0.25) is 0 Å². The van der Waals surface area contributed by atoms with E-state index in [1.54, 1.807) is 14.2 Å². The number of quaternary nitrogens is 1. The SMILES string of the molecule is COc1ccc(OC)c([C@H]2CCC[NH+]2CC(=O)Nc2cc([N+](=O)[O-])ccc2OC)c1. The first-order valence-corrected chi connectivity index (χ1v) is 9.65. The molecule has 0 aliphatic carbocycles. The van der Waals surface area contributed by atoms with Crippen LogP contribution >= 0.6 is 0 Å². The van der Waals surface area contributed by atoms with Crippen LogP contribution in [0, 0.1) is 10.1 Å². The second kappa shape index (κ2) is 9.45. The molecule has 2 aromatic carbocycles. The van der Waals surface area contributed by atoms with Crippen LogP contribution in [-0.4, -0.2) is 45.2 Å². The number of methoxy groups -OCH3 is 3. The Labute approximate surface area is 174 Å². The van der Waals surface area contributed by atoms with E-state index in [4.69, 9.17) is 14.2 Å². The average Bonchev–Trinajstić information content (AvgIpc) is 3.20. The summed E-state index contributed by atoms with van der Waals surface area (Å²) in [6.45, 7) is 1.06. The van der Waals surface area contributed by atoms with Crippen molar-refractivity contribution in [1.82, 2.24) is 0 Å². The first-order valence-electron chi connectivity index (χ1n) is 9.65. The minimum atomic E-state index is -0.508. The van der Waals surface area contributed by atoms with Gasteiger partial charge in [0.1, 0.15) is 23.3 Å². The summed E-state index contributed by atoms with van der Waals surface area (Å²) in [5.41, 5.74) is 1.18. The third-order valence-electron chi connectivity index (χ3n) is 5.35. The molecule has 9 nitrogen and oxygen atoms in total. The number of non-ortho nitro benzene ring substituents is 1. The molecule has 2 aromatic rings. The van der Waals surface area contributed by atoms with E-state index in [0.29, 0.717) is 5.75 Å². The van der Waals surface area contributed by atoms with Gasteiger partial charge in [-0.15, -0.1) is 0 Å². The zero-order valence-corrected chi connectivity index (χ0v) is 17.3. The number of benzene rings is 2. The molecule has 1 amide bonds. The molecule has 0 saturated carbocycles. The Morgan fingerprint density at radius 2 is 1.87 bits per heavy atom. The van der Waals surface area contributed by atoms with Crippen LogP contribution in [0.25, 0.3) is 0 Å². The molecule has 0 aromatic heterocycles. The summed E-state index contributed by atoms with van der Waals surface area (Å²) >= 11 is 0. The second-order valence-electron chi connectivity index (χ2n) is 7.08. The lowest BCUT2D eigenvalue weighted by Gasteiger charge is -2.23. The molecular formula is C21H26N3O6+. The van der Waals surface area contributed by atoms with Crippen LogP contribution in [0.4, 0.5) is 11.4 Å². The number of amides is 1. The highest BCUT2D eigenvalue weighted by Gasteiger charge is 2.34. The lowest BCUT2D eigenvalue weighted by molar-refractivity contribution is -0.910. The zero-order valence-electron chi connectivity index (χ0n) is 17.3. The quantitative estimate of drug-likeness (QED) is 0.504. The molecule has 1 aliphatic heterocycles. The number of rotatable bonds is 8. The van der Waals surface area contributed by atoms with Crippen LogP contribution < -0.4 is 24.4 Å². The Morgan fingerprint density at radius 3 is 2.53 bits per heavy atom. The van der Waals surface area contributed by atoms with Gasteiger partial charge in [0, 0.05) is 25.0 Å². The third-order valence-corrected chi connectivity index (χ3v) is 5.35. The van der Waals surface area contributed by atoms with Crippen LogP contribution in [0.3, 0.4) is 0 Å². The van der Waals surface area contributed by atoms with Gasteiger partial charge in [0.2, 0.25) is 0 Å². The Balaban J connectivity index is 1.77. The Hall–Kier alpha value is -3.33. The lowest BCUT2D eigenvalue weighted by Crippen LogP contribution is -3.11. The molecule has 1 fully saturated rings. The van der Waals surface area contributed by atoms with Crippen LogP contribution in [0.15, 0.2) is 36.4 Å². The highest BCUT2D eigenvalue weighted by molar-refractivity contribution is 5.93. The molecule has 2 atom stereocenters. The smallest absolute Gasteiger partial charge is 0.279 e.